The lowest BCUT2D eigenvalue weighted by molar-refractivity contribution is -0.115. The zero-order chi connectivity index (χ0) is 11.8. The highest BCUT2D eigenvalue weighted by molar-refractivity contribution is 5.05. The van der Waals surface area contributed by atoms with E-state index < -0.39 is 5.60 Å². The Morgan fingerprint density at radius 2 is 1.81 bits per heavy atom. The minimum absolute atomic E-state index is 0.0289. The van der Waals surface area contributed by atoms with Crippen molar-refractivity contribution in [3.63, 3.8) is 0 Å². The second kappa shape index (κ2) is 4.30. The Balaban J connectivity index is 2.19. The summed E-state index contributed by atoms with van der Waals surface area (Å²) >= 11 is 0. The molecule has 2 nitrogen and oxygen atoms in total. The van der Waals surface area contributed by atoms with Crippen LogP contribution in [0.5, 0.6) is 0 Å². The van der Waals surface area contributed by atoms with Gasteiger partial charge in [-0.2, -0.15) is 0 Å². The van der Waals surface area contributed by atoms with Crippen molar-refractivity contribution in [3.8, 4) is 0 Å². The molecule has 0 saturated heterocycles. The van der Waals surface area contributed by atoms with Crippen molar-refractivity contribution in [2.45, 2.75) is 64.4 Å². The molecule has 16 heavy (non-hydrogen) atoms. The average Bonchev–Trinajstić information content (AvgIpc) is 2.61. The van der Waals surface area contributed by atoms with Crippen LogP contribution in [0.15, 0.2) is 0 Å². The number of nitrogens with two attached hydrogens (primary N) is 1. The zero-order valence-corrected chi connectivity index (χ0v) is 10.8. The van der Waals surface area contributed by atoms with Crippen LogP contribution in [0.3, 0.4) is 0 Å². The molecule has 4 atom stereocenters. The number of aliphatic hydroxyl groups is 1. The van der Waals surface area contributed by atoms with Crippen LogP contribution in [-0.2, 0) is 0 Å². The van der Waals surface area contributed by atoms with Gasteiger partial charge in [-0.05, 0) is 37.5 Å². The molecule has 0 aromatic carbocycles. The fourth-order valence-corrected chi connectivity index (χ4v) is 4.20. The molecule has 2 fully saturated rings. The van der Waals surface area contributed by atoms with Crippen molar-refractivity contribution < 1.29 is 5.11 Å². The highest BCUT2D eigenvalue weighted by Crippen LogP contribution is 2.54. The van der Waals surface area contributed by atoms with Gasteiger partial charge in [-0.1, -0.05) is 33.1 Å². The van der Waals surface area contributed by atoms with Crippen molar-refractivity contribution in [1.82, 2.24) is 0 Å². The molecule has 4 unspecified atom stereocenters. The Morgan fingerprint density at radius 3 is 2.31 bits per heavy atom. The standard InChI is InChI=1S/C14H27NO/c1-11-4-3-6-14(16,9-11)13(10-15)7-5-12(2)8-13/h11-12,16H,3-10,15H2,1-2H3. The van der Waals surface area contributed by atoms with Crippen LogP contribution >= 0.6 is 0 Å². The topological polar surface area (TPSA) is 46.2 Å². The lowest BCUT2D eigenvalue weighted by atomic mass is 9.61. The molecule has 94 valence electrons. The summed E-state index contributed by atoms with van der Waals surface area (Å²) in [4.78, 5) is 0. The molecule has 3 N–H and O–H groups in total. The molecule has 0 radical (unpaired) electrons. The van der Waals surface area contributed by atoms with E-state index in [1.54, 1.807) is 0 Å². The van der Waals surface area contributed by atoms with Crippen LogP contribution in [0.4, 0.5) is 0 Å². The second-order valence-electron chi connectivity index (χ2n) is 6.57. The van der Waals surface area contributed by atoms with Crippen LogP contribution < -0.4 is 5.73 Å². The zero-order valence-electron chi connectivity index (χ0n) is 10.8. The Hall–Kier alpha value is -0.0800. The molecule has 0 aromatic rings. The number of rotatable bonds is 2. The maximum Gasteiger partial charge on any atom is 0.0718 e. The maximum atomic E-state index is 11.0. The monoisotopic (exact) mass is 225 g/mol. The van der Waals surface area contributed by atoms with E-state index >= 15 is 0 Å². The maximum absolute atomic E-state index is 11.0. The van der Waals surface area contributed by atoms with Gasteiger partial charge in [0.25, 0.3) is 0 Å². The van der Waals surface area contributed by atoms with Crippen molar-refractivity contribution in [2.24, 2.45) is 23.0 Å². The first-order valence-electron chi connectivity index (χ1n) is 6.94. The molecule has 0 amide bonds. The first-order valence-corrected chi connectivity index (χ1v) is 6.94. The molecule has 2 aliphatic rings. The molecule has 2 rings (SSSR count). The number of hydrogen-bond acceptors (Lipinski definition) is 2. The summed E-state index contributed by atoms with van der Waals surface area (Å²) in [5, 5.41) is 11.0. The van der Waals surface area contributed by atoms with Crippen LogP contribution in [0.2, 0.25) is 0 Å². The summed E-state index contributed by atoms with van der Waals surface area (Å²) in [6, 6.07) is 0. The summed E-state index contributed by atoms with van der Waals surface area (Å²) in [5.74, 6) is 1.41. The molecular weight excluding hydrogens is 198 g/mol. The van der Waals surface area contributed by atoms with Crippen molar-refractivity contribution in [2.75, 3.05) is 6.54 Å². The second-order valence-corrected chi connectivity index (χ2v) is 6.57. The molecule has 0 spiro atoms. The largest absolute Gasteiger partial charge is 0.389 e. The Morgan fingerprint density at radius 1 is 1.12 bits per heavy atom. The third-order valence-electron chi connectivity index (χ3n) is 5.21. The summed E-state index contributed by atoms with van der Waals surface area (Å²) in [6.07, 6.45) is 7.90. The van der Waals surface area contributed by atoms with E-state index in [-0.39, 0.29) is 5.41 Å². The van der Waals surface area contributed by atoms with Crippen molar-refractivity contribution >= 4 is 0 Å². The molecule has 0 aromatic heterocycles. The van der Waals surface area contributed by atoms with Gasteiger partial charge < -0.3 is 10.8 Å². The molecular formula is C14H27NO. The lowest BCUT2D eigenvalue weighted by Gasteiger charge is -2.49. The van der Waals surface area contributed by atoms with E-state index in [2.05, 4.69) is 13.8 Å². The first kappa shape index (κ1) is 12.4. The molecule has 0 heterocycles. The van der Waals surface area contributed by atoms with Gasteiger partial charge in [0.15, 0.2) is 0 Å². The van der Waals surface area contributed by atoms with Gasteiger partial charge in [0, 0.05) is 12.0 Å². The predicted octanol–water partition coefficient (Wildman–Crippen LogP) is 2.69. The first-order chi connectivity index (χ1) is 7.51. The molecule has 2 heteroatoms. The van der Waals surface area contributed by atoms with Gasteiger partial charge in [-0.25, -0.2) is 0 Å². The van der Waals surface area contributed by atoms with E-state index in [1.165, 1.54) is 19.3 Å². The van der Waals surface area contributed by atoms with Crippen LogP contribution in [0, 0.1) is 17.3 Å². The summed E-state index contributed by atoms with van der Waals surface area (Å²) in [7, 11) is 0. The quantitative estimate of drug-likeness (QED) is 0.759. The summed E-state index contributed by atoms with van der Waals surface area (Å²) in [6.45, 7) is 5.24. The summed E-state index contributed by atoms with van der Waals surface area (Å²) in [5.41, 5.74) is 5.59. The Labute approximate surface area is 99.6 Å². The van der Waals surface area contributed by atoms with E-state index in [0.29, 0.717) is 12.5 Å². The lowest BCUT2D eigenvalue weighted by Crippen LogP contribution is -2.53. The SMILES string of the molecule is CC1CCCC(O)(C2(CN)CCC(C)C2)C1. The van der Waals surface area contributed by atoms with Crippen molar-refractivity contribution in [1.29, 1.82) is 0 Å². The van der Waals surface area contributed by atoms with Crippen molar-refractivity contribution in [3.05, 3.63) is 0 Å². The third kappa shape index (κ3) is 1.91. The fraction of sp³-hybridized carbons (Fsp3) is 1.00. The van der Waals surface area contributed by atoms with E-state index in [1.807, 2.05) is 0 Å². The minimum atomic E-state index is -0.468. The van der Waals surface area contributed by atoms with Crippen LogP contribution in [-0.4, -0.2) is 17.3 Å². The van der Waals surface area contributed by atoms with E-state index in [0.717, 1.165) is 31.6 Å². The van der Waals surface area contributed by atoms with Gasteiger partial charge >= 0.3 is 0 Å². The van der Waals surface area contributed by atoms with Crippen LogP contribution in [0.1, 0.15) is 58.8 Å². The highest BCUT2D eigenvalue weighted by atomic mass is 16.3. The molecule has 2 aliphatic carbocycles. The normalized spacial score (nSPS) is 49.5. The average molecular weight is 225 g/mol. The van der Waals surface area contributed by atoms with Gasteiger partial charge in [0.2, 0.25) is 0 Å². The third-order valence-corrected chi connectivity index (χ3v) is 5.21. The van der Waals surface area contributed by atoms with Gasteiger partial charge in [-0.15, -0.1) is 0 Å². The van der Waals surface area contributed by atoms with E-state index in [4.69, 9.17) is 5.73 Å². The Kier molecular flexibility index (Phi) is 3.33. The van der Waals surface area contributed by atoms with Crippen LogP contribution in [0.25, 0.3) is 0 Å². The van der Waals surface area contributed by atoms with Gasteiger partial charge in [0.1, 0.15) is 0 Å². The van der Waals surface area contributed by atoms with E-state index in [9.17, 15) is 5.11 Å². The van der Waals surface area contributed by atoms with Gasteiger partial charge in [0.05, 0.1) is 5.60 Å². The Bertz CT molecular complexity index is 255. The molecule has 0 aliphatic heterocycles. The highest BCUT2D eigenvalue weighted by Gasteiger charge is 2.53. The predicted molar refractivity (Wildman–Crippen MR) is 67.1 cm³/mol. The molecule has 0 bridgehead atoms. The summed E-state index contributed by atoms with van der Waals surface area (Å²) < 4.78 is 0. The fourth-order valence-electron chi connectivity index (χ4n) is 4.20. The smallest absolute Gasteiger partial charge is 0.0718 e. The minimum Gasteiger partial charge on any atom is -0.389 e. The molecule has 2 saturated carbocycles. The number of hydrogen-bond donors (Lipinski definition) is 2. The van der Waals surface area contributed by atoms with Gasteiger partial charge in [-0.3, -0.25) is 0 Å².